The van der Waals surface area contributed by atoms with Gasteiger partial charge in [0.25, 0.3) is 5.56 Å². The summed E-state index contributed by atoms with van der Waals surface area (Å²) in [5.74, 6) is -0.484. The van der Waals surface area contributed by atoms with Crippen LogP contribution in [0.15, 0.2) is 35.5 Å². The molecule has 2 heterocycles. The van der Waals surface area contributed by atoms with Crippen molar-refractivity contribution in [3.05, 3.63) is 46.6 Å². The maximum Gasteiger partial charge on any atom is 0.264 e. The lowest BCUT2D eigenvalue weighted by atomic mass is 10.1. The van der Waals surface area contributed by atoms with Gasteiger partial charge in [0.05, 0.1) is 6.20 Å². The van der Waals surface area contributed by atoms with E-state index in [2.05, 4.69) is 20.7 Å². The number of rotatable bonds is 5. The van der Waals surface area contributed by atoms with E-state index in [4.69, 9.17) is 0 Å². The van der Waals surface area contributed by atoms with Crippen molar-refractivity contribution < 1.29 is 9.59 Å². The van der Waals surface area contributed by atoms with E-state index >= 15 is 0 Å². The third kappa shape index (κ3) is 3.86. The van der Waals surface area contributed by atoms with Crippen LogP contribution in [0.4, 0.5) is 11.4 Å². The summed E-state index contributed by atoms with van der Waals surface area (Å²) >= 11 is 0. The van der Waals surface area contributed by atoms with Crippen molar-refractivity contribution in [1.29, 1.82) is 0 Å². The second kappa shape index (κ2) is 7.40. The topological polar surface area (TPSA) is 111 Å². The summed E-state index contributed by atoms with van der Waals surface area (Å²) in [5.41, 5.74) is 2.14. The maximum absolute atomic E-state index is 12.4. The maximum atomic E-state index is 12.4. The minimum absolute atomic E-state index is 0.112. The fraction of sp³-hybridized carbons (Fsp3) is 0.278. The van der Waals surface area contributed by atoms with E-state index < -0.39 is 0 Å². The van der Waals surface area contributed by atoms with E-state index in [1.165, 1.54) is 21.8 Å². The van der Waals surface area contributed by atoms with Gasteiger partial charge < -0.3 is 10.6 Å². The number of nitrogens with zero attached hydrogens (tertiary/aromatic N) is 4. The van der Waals surface area contributed by atoms with Crippen molar-refractivity contribution in [3.63, 3.8) is 0 Å². The smallest absolute Gasteiger partial charge is 0.264 e. The van der Waals surface area contributed by atoms with Crippen LogP contribution in [0.1, 0.15) is 18.9 Å². The zero-order valence-electron chi connectivity index (χ0n) is 15.3. The summed E-state index contributed by atoms with van der Waals surface area (Å²) in [7, 11) is 1.69. The van der Waals surface area contributed by atoms with E-state index in [1.54, 1.807) is 32.2 Å². The highest BCUT2D eigenvalue weighted by atomic mass is 16.2. The van der Waals surface area contributed by atoms with Gasteiger partial charge in [-0.15, -0.1) is 0 Å². The molecule has 0 unspecified atom stereocenters. The Bertz CT molecular complexity index is 1080. The summed E-state index contributed by atoms with van der Waals surface area (Å²) in [4.78, 5) is 40.6. The molecular weight excluding hydrogens is 348 g/mol. The monoisotopic (exact) mass is 368 g/mol. The molecule has 0 aliphatic heterocycles. The highest BCUT2D eigenvalue weighted by Gasteiger charge is 2.12. The Kier molecular flexibility index (Phi) is 5.02. The molecule has 0 saturated carbocycles. The molecule has 0 radical (unpaired) electrons. The largest absolute Gasteiger partial charge is 0.326 e. The third-order valence-corrected chi connectivity index (χ3v) is 4.15. The van der Waals surface area contributed by atoms with Crippen molar-refractivity contribution in [2.75, 3.05) is 10.6 Å². The molecule has 0 aliphatic carbocycles. The van der Waals surface area contributed by atoms with Crippen LogP contribution in [0.3, 0.4) is 0 Å². The van der Waals surface area contributed by atoms with Crippen LogP contribution in [-0.4, -0.2) is 31.1 Å². The lowest BCUT2D eigenvalue weighted by molar-refractivity contribution is -0.117. The lowest BCUT2D eigenvalue weighted by Gasteiger charge is -2.12. The quantitative estimate of drug-likeness (QED) is 0.708. The van der Waals surface area contributed by atoms with Crippen LogP contribution >= 0.6 is 0 Å². The van der Waals surface area contributed by atoms with E-state index in [-0.39, 0.29) is 23.9 Å². The number of hydrogen-bond acceptors (Lipinski definition) is 5. The Hall–Kier alpha value is -3.49. The zero-order valence-corrected chi connectivity index (χ0v) is 15.3. The normalized spacial score (nSPS) is 10.8. The molecule has 3 aromatic rings. The minimum atomic E-state index is -0.371. The Morgan fingerprint density at radius 1 is 1.19 bits per heavy atom. The molecule has 0 spiro atoms. The molecule has 1 aromatic carbocycles. The number of carbonyl (C=O) groups excluding carboxylic acids is 2. The number of aromatic nitrogens is 4. The first kappa shape index (κ1) is 18.3. The van der Waals surface area contributed by atoms with Gasteiger partial charge in [-0.2, -0.15) is 5.10 Å². The Morgan fingerprint density at radius 3 is 2.70 bits per heavy atom. The van der Waals surface area contributed by atoms with Gasteiger partial charge >= 0.3 is 0 Å². The Morgan fingerprint density at radius 2 is 1.96 bits per heavy atom. The van der Waals surface area contributed by atoms with Crippen molar-refractivity contribution in [2.45, 2.75) is 26.8 Å². The molecule has 0 atom stereocenters. The van der Waals surface area contributed by atoms with Crippen molar-refractivity contribution in [3.8, 4) is 0 Å². The first-order valence-corrected chi connectivity index (χ1v) is 8.46. The summed E-state index contributed by atoms with van der Waals surface area (Å²) in [5, 5.41) is 9.88. The van der Waals surface area contributed by atoms with E-state index in [9.17, 15) is 14.4 Å². The Labute approximate surface area is 155 Å². The number of carbonyl (C=O) groups is 2. The standard InChI is InChI=1S/C18H20N6O3/c1-4-15(25)21-12-6-5-11(2)14(7-12)22-16(26)9-24-10-19-17-13(18(24)27)8-20-23(17)3/h5-8,10H,4,9H2,1-3H3,(H,21,25)(H,22,26). The summed E-state index contributed by atoms with van der Waals surface area (Å²) in [6.07, 6.45) is 3.13. The molecular formula is C18H20N6O3. The number of aryl methyl sites for hydroxylation is 2. The summed E-state index contributed by atoms with van der Waals surface area (Å²) in [6.45, 7) is 3.43. The number of anilines is 2. The van der Waals surface area contributed by atoms with Gasteiger partial charge in [-0.3, -0.25) is 23.6 Å². The molecule has 0 bridgehead atoms. The molecule has 140 valence electrons. The Balaban J connectivity index is 1.78. The summed E-state index contributed by atoms with van der Waals surface area (Å²) in [6, 6.07) is 5.26. The van der Waals surface area contributed by atoms with Gasteiger partial charge in [0.1, 0.15) is 18.3 Å². The number of amides is 2. The van der Waals surface area contributed by atoms with Crippen LogP contribution in [0.25, 0.3) is 11.0 Å². The predicted molar refractivity (Wildman–Crippen MR) is 101 cm³/mol. The molecule has 0 aliphatic rings. The fourth-order valence-corrected chi connectivity index (χ4v) is 2.61. The van der Waals surface area contributed by atoms with Crippen LogP contribution in [-0.2, 0) is 23.2 Å². The summed E-state index contributed by atoms with van der Waals surface area (Å²) < 4.78 is 2.73. The number of hydrogen-bond donors (Lipinski definition) is 2. The molecule has 27 heavy (non-hydrogen) atoms. The van der Waals surface area contributed by atoms with E-state index in [0.717, 1.165) is 5.56 Å². The van der Waals surface area contributed by atoms with Crippen LogP contribution in [0.5, 0.6) is 0 Å². The molecule has 9 nitrogen and oxygen atoms in total. The number of fused-ring (bicyclic) bond motifs is 1. The molecule has 9 heteroatoms. The van der Waals surface area contributed by atoms with Crippen LogP contribution in [0, 0.1) is 6.92 Å². The average Bonchev–Trinajstić information content (AvgIpc) is 3.02. The lowest BCUT2D eigenvalue weighted by Crippen LogP contribution is -2.28. The van der Waals surface area contributed by atoms with E-state index in [0.29, 0.717) is 28.8 Å². The second-order valence-corrected chi connectivity index (χ2v) is 6.16. The first-order valence-electron chi connectivity index (χ1n) is 8.46. The average molecular weight is 368 g/mol. The number of nitrogens with one attached hydrogen (secondary N) is 2. The van der Waals surface area contributed by atoms with Gasteiger partial charge in [0.15, 0.2) is 5.65 Å². The molecule has 2 N–H and O–H groups in total. The molecule has 2 aromatic heterocycles. The number of benzene rings is 1. The van der Waals surface area contributed by atoms with Crippen molar-refractivity contribution in [1.82, 2.24) is 19.3 Å². The van der Waals surface area contributed by atoms with Crippen molar-refractivity contribution >= 4 is 34.2 Å². The van der Waals surface area contributed by atoms with E-state index in [1.807, 2.05) is 6.92 Å². The third-order valence-electron chi connectivity index (χ3n) is 4.15. The minimum Gasteiger partial charge on any atom is -0.326 e. The molecule has 2 amide bonds. The zero-order chi connectivity index (χ0) is 19.6. The SMILES string of the molecule is CCC(=O)Nc1ccc(C)c(NC(=O)Cn2cnc3c(cnn3C)c2=O)c1. The molecule has 0 fully saturated rings. The first-order chi connectivity index (χ1) is 12.9. The highest BCUT2D eigenvalue weighted by molar-refractivity contribution is 5.94. The van der Waals surface area contributed by atoms with Gasteiger partial charge in [0.2, 0.25) is 11.8 Å². The van der Waals surface area contributed by atoms with Crippen LogP contribution in [0.2, 0.25) is 0 Å². The van der Waals surface area contributed by atoms with Crippen molar-refractivity contribution in [2.24, 2.45) is 7.05 Å². The van der Waals surface area contributed by atoms with Crippen LogP contribution < -0.4 is 16.2 Å². The fourth-order valence-electron chi connectivity index (χ4n) is 2.61. The second-order valence-electron chi connectivity index (χ2n) is 6.16. The van der Waals surface area contributed by atoms with Gasteiger partial charge in [0, 0.05) is 24.8 Å². The highest BCUT2D eigenvalue weighted by Crippen LogP contribution is 2.20. The molecule has 0 saturated heterocycles. The van der Waals surface area contributed by atoms with Gasteiger partial charge in [-0.25, -0.2) is 4.98 Å². The van der Waals surface area contributed by atoms with Gasteiger partial charge in [-0.1, -0.05) is 13.0 Å². The molecule has 3 rings (SSSR count). The predicted octanol–water partition coefficient (Wildman–Crippen LogP) is 1.43. The van der Waals surface area contributed by atoms with Gasteiger partial charge in [-0.05, 0) is 24.6 Å².